The zero-order valence-corrected chi connectivity index (χ0v) is 12.0. The number of fused-ring (bicyclic) bond motifs is 1. The summed E-state index contributed by atoms with van der Waals surface area (Å²) in [4.78, 5) is 16.1. The number of carbonyl (C=O) groups excluding carboxylic acids is 1. The number of esters is 1. The predicted molar refractivity (Wildman–Crippen MR) is 83.3 cm³/mol. The highest BCUT2D eigenvalue weighted by Gasteiger charge is 2.11. The molecular weight excluding hydrogens is 262 g/mol. The van der Waals surface area contributed by atoms with E-state index in [1.807, 2.05) is 31.2 Å². The summed E-state index contributed by atoms with van der Waals surface area (Å²) >= 11 is 0. The number of hydrogen-bond acceptors (Lipinski definition) is 3. The summed E-state index contributed by atoms with van der Waals surface area (Å²) in [6.07, 6.45) is 0. The van der Waals surface area contributed by atoms with E-state index in [0.29, 0.717) is 11.3 Å². The molecule has 0 N–H and O–H groups in total. The van der Waals surface area contributed by atoms with E-state index in [2.05, 4.69) is 29.2 Å². The maximum atomic E-state index is 11.6. The third-order valence-corrected chi connectivity index (χ3v) is 3.54. The summed E-state index contributed by atoms with van der Waals surface area (Å²) in [5.74, 6) is -0.356. The molecule has 104 valence electrons. The molecule has 1 heterocycles. The van der Waals surface area contributed by atoms with Gasteiger partial charge in [0.15, 0.2) is 0 Å². The highest BCUT2D eigenvalue weighted by molar-refractivity contribution is 5.91. The monoisotopic (exact) mass is 277 g/mol. The van der Waals surface area contributed by atoms with E-state index in [1.165, 1.54) is 17.9 Å². The van der Waals surface area contributed by atoms with E-state index in [0.717, 1.165) is 11.3 Å². The van der Waals surface area contributed by atoms with Crippen LogP contribution in [-0.2, 0) is 4.74 Å². The summed E-state index contributed by atoms with van der Waals surface area (Å²) in [5.41, 5.74) is 3.06. The quantitative estimate of drug-likeness (QED) is 0.665. The first-order valence-electron chi connectivity index (χ1n) is 6.74. The van der Waals surface area contributed by atoms with Gasteiger partial charge in [0.2, 0.25) is 0 Å². The van der Waals surface area contributed by atoms with Crippen LogP contribution in [0.5, 0.6) is 0 Å². The summed E-state index contributed by atoms with van der Waals surface area (Å²) in [5, 5.41) is 2.37. The number of carbonyl (C=O) groups is 1. The third-order valence-electron chi connectivity index (χ3n) is 3.54. The molecule has 0 saturated heterocycles. The number of aryl methyl sites for hydroxylation is 1. The zero-order valence-electron chi connectivity index (χ0n) is 12.0. The van der Waals surface area contributed by atoms with E-state index in [1.54, 1.807) is 6.07 Å². The van der Waals surface area contributed by atoms with Crippen LogP contribution in [0.1, 0.15) is 16.1 Å². The van der Waals surface area contributed by atoms with E-state index < -0.39 is 0 Å². The van der Waals surface area contributed by atoms with Gasteiger partial charge in [0, 0.05) is 5.56 Å². The van der Waals surface area contributed by atoms with Gasteiger partial charge in [-0.25, -0.2) is 4.79 Å². The number of benzene rings is 2. The number of hydrogen-bond donors (Lipinski definition) is 0. The number of methoxy groups -OCH3 is 1. The van der Waals surface area contributed by atoms with Crippen molar-refractivity contribution in [2.24, 2.45) is 0 Å². The number of pyridine rings is 1. The average Bonchev–Trinajstić information content (AvgIpc) is 2.53. The van der Waals surface area contributed by atoms with Gasteiger partial charge in [-0.3, -0.25) is 4.98 Å². The van der Waals surface area contributed by atoms with Crippen LogP contribution < -0.4 is 0 Å². The van der Waals surface area contributed by atoms with Crippen LogP contribution in [0.3, 0.4) is 0 Å². The standard InChI is InChI=1S/C18H15NO2/c1-12-16(18(20)21-2)9-10-17(19-12)15-8-7-13-5-3-4-6-14(13)11-15/h3-11H,1-2H3. The Morgan fingerprint density at radius 2 is 1.76 bits per heavy atom. The predicted octanol–water partition coefficient (Wildman–Crippen LogP) is 4.00. The molecular formula is C18H15NO2. The minimum atomic E-state index is -0.356. The highest BCUT2D eigenvalue weighted by atomic mass is 16.5. The fraction of sp³-hybridized carbons (Fsp3) is 0.111. The average molecular weight is 277 g/mol. The normalized spacial score (nSPS) is 10.6. The molecule has 3 heteroatoms. The largest absolute Gasteiger partial charge is 0.465 e. The number of rotatable bonds is 2. The lowest BCUT2D eigenvalue weighted by Gasteiger charge is -2.07. The van der Waals surface area contributed by atoms with E-state index in [9.17, 15) is 4.79 Å². The summed E-state index contributed by atoms with van der Waals surface area (Å²) in [6.45, 7) is 1.82. The molecule has 3 nitrogen and oxygen atoms in total. The van der Waals surface area contributed by atoms with Gasteiger partial charge >= 0.3 is 5.97 Å². The van der Waals surface area contributed by atoms with Crippen LogP contribution in [0.25, 0.3) is 22.0 Å². The molecule has 0 aliphatic carbocycles. The minimum Gasteiger partial charge on any atom is -0.465 e. The summed E-state index contributed by atoms with van der Waals surface area (Å²) in [6, 6.07) is 18.0. The Morgan fingerprint density at radius 3 is 2.48 bits per heavy atom. The molecule has 0 spiro atoms. The van der Waals surface area contributed by atoms with Crippen LogP contribution in [-0.4, -0.2) is 18.1 Å². The first-order chi connectivity index (χ1) is 10.2. The molecule has 3 aromatic rings. The molecule has 0 saturated carbocycles. The molecule has 0 unspecified atom stereocenters. The highest BCUT2D eigenvalue weighted by Crippen LogP contribution is 2.24. The molecule has 3 rings (SSSR count). The van der Waals surface area contributed by atoms with Gasteiger partial charge in [-0.2, -0.15) is 0 Å². The van der Waals surface area contributed by atoms with E-state index in [4.69, 9.17) is 4.74 Å². The zero-order chi connectivity index (χ0) is 14.8. The van der Waals surface area contributed by atoms with Crippen molar-refractivity contribution in [2.75, 3.05) is 7.11 Å². The van der Waals surface area contributed by atoms with Crippen LogP contribution in [0.2, 0.25) is 0 Å². The SMILES string of the molecule is COC(=O)c1ccc(-c2ccc3ccccc3c2)nc1C. The fourth-order valence-electron chi connectivity index (χ4n) is 2.40. The molecule has 0 aliphatic rings. The van der Waals surface area contributed by atoms with Crippen molar-refractivity contribution in [3.05, 3.63) is 65.9 Å². The van der Waals surface area contributed by atoms with Gasteiger partial charge < -0.3 is 4.74 Å². The number of nitrogens with zero attached hydrogens (tertiary/aromatic N) is 1. The first kappa shape index (κ1) is 13.3. The lowest BCUT2D eigenvalue weighted by atomic mass is 10.0. The second kappa shape index (κ2) is 5.37. The molecule has 0 radical (unpaired) electrons. The topological polar surface area (TPSA) is 39.2 Å². The second-order valence-electron chi connectivity index (χ2n) is 4.88. The van der Waals surface area contributed by atoms with Crippen molar-refractivity contribution in [3.8, 4) is 11.3 Å². The van der Waals surface area contributed by atoms with Crippen molar-refractivity contribution in [1.82, 2.24) is 4.98 Å². The van der Waals surface area contributed by atoms with Crippen LogP contribution in [0, 0.1) is 6.92 Å². The Morgan fingerprint density at radius 1 is 1.00 bits per heavy atom. The molecule has 1 aromatic heterocycles. The Bertz CT molecular complexity index is 824. The molecule has 0 amide bonds. The van der Waals surface area contributed by atoms with Gasteiger partial charge in [-0.15, -0.1) is 0 Å². The van der Waals surface area contributed by atoms with E-state index >= 15 is 0 Å². The first-order valence-corrected chi connectivity index (χ1v) is 6.74. The summed E-state index contributed by atoms with van der Waals surface area (Å²) < 4.78 is 4.74. The Hall–Kier alpha value is -2.68. The van der Waals surface area contributed by atoms with Crippen molar-refractivity contribution in [2.45, 2.75) is 6.92 Å². The second-order valence-corrected chi connectivity index (χ2v) is 4.88. The van der Waals surface area contributed by atoms with Crippen LogP contribution >= 0.6 is 0 Å². The number of aromatic nitrogens is 1. The molecule has 0 aliphatic heterocycles. The van der Waals surface area contributed by atoms with Crippen molar-refractivity contribution >= 4 is 16.7 Å². The van der Waals surface area contributed by atoms with Crippen molar-refractivity contribution in [1.29, 1.82) is 0 Å². The maximum absolute atomic E-state index is 11.6. The third kappa shape index (κ3) is 2.50. The van der Waals surface area contributed by atoms with Crippen LogP contribution in [0.15, 0.2) is 54.6 Å². The van der Waals surface area contributed by atoms with Crippen molar-refractivity contribution < 1.29 is 9.53 Å². The van der Waals surface area contributed by atoms with Gasteiger partial charge in [-0.1, -0.05) is 36.4 Å². The van der Waals surface area contributed by atoms with Gasteiger partial charge in [0.05, 0.1) is 24.1 Å². The van der Waals surface area contributed by atoms with E-state index in [-0.39, 0.29) is 5.97 Å². The minimum absolute atomic E-state index is 0.356. The molecule has 2 aromatic carbocycles. The van der Waals surface area contributed by atoms with Crippen molar-refractivity contribution in [3.63, 3.8) is 0 Å². The Balaban J connectivity index is 2.06. The lowest BCUT2D eigenvalue weighted by molar-refractivity contribution is 0.0599. The smallest absolute Gasteiger partial charge is 0.339 e. The molecule has 0 fully saturated rings. The van der Waals surface area contributed by atoms with Gasteiger partial charge in [-0.05, 0) is 35.9 Å². The fourth-order valence-corrected chi connectivity index (χ4v) is 2.40. The van der Waals surface area contributed by atoms with Gasteiger partial charge in [0.1, 0.15) is 0 Å². The summed E-state index contributed by atoms with van der Waals surface area (Å²) in [7, 11) is 1.37. The molecule has 0 atom stereocenters. The lowest BCUT2D eigenvalue weighted by Crippen LogP contribution is -2.05. The Labute approximate surface area is 123 Å². The van der Waals surface area contributed by atoms with Crippen LogP contribution in [0.4, 0.5) is 0 Å². The number of ether oxygens (including phenoxy) is 1. The van der Waals surface area contributed by atoms with Gasteiger partial charge in [0.25, 0.3) is 0 Å². The maximum Gasteiger partial charge on any atom is 0.339 e. The molecule has 21 heavy (non-hydrogen) atoms. The Kier molecular flexibility index (Phi) is 3.40. The molecule has 0 bridgehead atoms.